The number of unbranched alkanes of at least 4 members (excludes halogenated alkanes) is 1. The average Bonchev–Trinajstić information content (AvgIpc) is 2.66. The molecule has 2 heterocycles. The quantitative estimate of drug-likeness (QED) is 0.693. The summed E-state index contributed by atoms with van der Waals surface area (Å²) in [6.45, 7) is 4.14. The molecule has 140 valence electrons. The Kier molecular flexibility index (Phi) is 5.86. The van der Waals surface area contributed by atoms with Crippen LogP contribution < -0.4 is 15.6 Å². The highest BCUT2D eigenvalue weighted by Gasteiger charge is 2.07. The van der Waals surface area contributed by atoms with Gasteiger partial charge in [-0.1, -0.05) is 25.5 Å². The van der Waals surface area contributed by atoms with Crippen LogP contribution in [0.25, 0.3) is 5.65 Å². The van der Waals surface area contributed by atoms with Crippen molar-refractivity contribution in [2.45, 2.75) is 39.7 Å². The molecule has 6 nitrogen and oxygen atoms in total. The van der Waals surface area contributed by atoms with E-state index < -0.39 is 0 Å². The number of carbonyl (C=O) groups is 1. The number of amides is 1. The smallest absolute Gasteiger partial charge is 0.258 e. The van der Waals surface area contributed by atoms with E-state index in [9.17, 15) is 9.59 Å². The molecule has 0 aliphatic rings. The fourth-order valence-electron chi connectivity index (χ4n) is 2.76. The third kappa shape index (κ3) is 4.73. The standard InChI is InChI=1S/C21H23N3O3/c1-3-4-10-19(25)22-16-8-5-9-18(12-16)27-14-17-13-20(26)24-11-6-7-15(2)21(24)23-17/h5-9,11-13H,3-4,10,14H2,1-2H3,(H,22,25). The molecule has 0 radical (unpaired) electrons. The van der Waals surface area contributed by atoms with Crippen molar-refractivity contribution in [3.05, 3.63) is 70.3 Å². The van der Waals surface area contributed by atoms with Gasteiger partial charge in [0.25, 0.3) is 5.56 Å². The summed E-state index contributed by atoms with van der Waals surface area (Å²) in [4.78, 5) is 28.6. The number of carbonyl (C=O) groups excluding carboxylic acids is 1. The SMILES string of the molecule is CCCCC(=O)Nc1cccc(OCc2cc(=O)n3cccc(C)c3n2)c1. The first-order valence-corrected chi connectivity index (χ1v) is 9.07. The summed E-state index contributed by atoms with van der Waals surface area (Å²) < 4.78 is 7.30. The Morgan fingerprint density at radius 3 is 2.89 bits per heavy atom. The zero-order valence-electron chi connectivity index (χ0n) is 15.6. The Hall–Kier alpha value is -3.15. The molecule has 0 saturated carbocycles. The van der Waals surface area contributed by atoms with Crippen LogP contribution in [0.2, 0.25) is 0 Å². The lowest BCUT2D eigenvalue weighted by Crippen LogP contribution is -2.17. The van der Waals surface area contributed by atoms with Gasteiger partial charge in [-0.3, -0.25) is 14.0 Å². The molecule has 6 heteroatoms. The lowest BCUT2D eigenvalue weighted by Gasteiger charge is -2.10. The van der Waals surface area contributed by atoms with Crippen molar-refractivity contribution in [1.82, 2.24) is 9.38 Å². The molecule has 1 amide bonds. The van der Waals surface area contributed by atoms with Gasteiger partial charge in [-0.05, 0) is 37.1 Å². The number of ether oxygens (including phenoxy) is 1. The fourth-order valence-corrected chi connectivity index (χ4v) is 2.76. The molecule has 0 atom stereocenters. The largest absolute Gasteiger partial charge is 0.487 e. The molecule has 2 aromatic heterocycles. The van der Waals surface area contributed by atoms with Gasteiger partial charge < -0.3 is 10.1 Å². The van der Waals surface area contributed by atoms with Crippen molar-refractivity contribution < 1.29 is 9.53 Å². The van der Waals surface area contributed by atoms with E-state index in [1.54, 1.807) is 18.3 Å². The van der Waals surface area contributed by atoms with Crippen molar-refractivity contribution in [1.29, 1.82) is 0 Å². The summed E-state index contributed by atoms with van der Waals surface area (Å²) in [6, 6.07) is 12.4. The van der Waals surface area contributed by atoms with Gasteiger partial charge in [0.05, 0.1) is 5.69 Å². The van der Waals surface area contributed by atoms with Gasteiger partial charge in [0.15, 0.2) is 0 Å². The highest BCUT2D eigenvalue weighted by atomic mass is 16.5. The van der Waals surface area contributed by atoms with E-state index in [1.165, 1.54) is 10.5 Å². The highest BCUT2D eigenvalue weighted by Crippen LogP contribution is 2.19. The van der Waals surface area contributed by atoms with Crippen LogP contribution in [0.3, 0.4) is 0 Å². The van der Waals surface area contributed by atoms with E-state index in [0.29, 0.717) is 29.2 Å². The molecule has 1 N–H and O–H groups in total. The molecule has 27 heavy (non-hydrogen) atoms. The van der Waals surface area contributed by atoms with Gasteiger partial charge in [-0.15, -0.1) is 0 Å². The first-order valence-electron chi connectivity index (χ1n) is 9.07. The van der Waals surface area contributed by atoms with Crippen molar-refractivity contribution in [2.75, 3.05) is 5.32 Å². The van der Waals surface area contributed by atoms with Gasteiger partial charge in [-0.2, -0.15) is 0 Å². The minimum atomic E-state index is -0.140. The fraction of sp³-hybridized carbons (Fsp3) is 0.286. The molecule has 0 spiro atoms. The molecule has 0 aliphatic heterocycles. The summed E-state index contributed by atoms with van der Waals surface area (Å²) >= 11 is 0. The molecular weight excluding hydrogens is 342 g/mol. The number of hydrogen-bond donors (Lipinski definition) is 1. The molecule has 0 aliphatic carbocycles. The first kappa shape index (κ1) is 18.6. The molecule has 3 rings (SSSR count). The number of aromatic nitrogens is 2. The molecular formula is C21H23N3O3. The van der Waals surface area contributed by atoms with Gasteiger partial charge in [0.2, 0.25) is 5.91 Å². The zero-order chi connectivity index (χ0) is 19.2. The van der Waals surface area contributed by atoms with Crippen molar-refractivity contribution in [2.24, 2.45) is 0 Å². The number of anilines is 1. The van der Waals surface area contributed by atoms with Crippen LogP contribution in [0, 0.1) is 6.92 Å². The summed E-state index contributed by atoms with van der Waals surface area (Å²) in [7, 11) is 0. The molecule has 0 saturated heterocycles. The second-order valence-electron chi connectivity index (χ2n) is 6.44. The molecule has 0 bridgehead atoms. The van der Waals surface area contributed by atoms with Crippen LogP contribution in [0.4, 0.5) is 5.69 Å². The minimum absolute atomic E-state index is 0.00584. The Balaban J connectivity index is 1.71. The van der Waals surface area contributed by atoms with E-state index in [4.69, 9.17) is 4.74 Å². The molecule has 3 aromatic rings. The third-order valence-corrected chi connectivity index (χ3v) is 4.20. The monoisotopic (exact) mass is 365 g/mol. The topological polar surface area (TPSA) is 72.7 Å². The van der Waals surface area contributed by atoms with Crippen LogP contribution in [0.15, 0.2) is 53.5 Å². The van der Waals surface area contributed by atoms with Gasteiger partial charge in [-0.25, -0.2) is 4.98 Å². The van der Waals surface area contributed by atoms with Crippen molar-refractivity contribution in [3.63, 3.8) is 0 Å². The number of benzene rings is 1. The van der Waals surface area contributed by atoms with Crippen LogP contribution in [-0.2, 0) is 11.4 Å². The normalized spacial score (nSPS) is 10.7. The predicted molar refractivity (Wildman–Crippen MR) is 105 cm³/mol. The lowest BCUT2D eigenvalue weighted by molar-refractivity contribution is -0.116. The van der Waals surface area contributed by atoms with Gasteiger partial charge in [0, 0.05) is 30.4 Å². The number of hydrogen-bond acceptors (Lipinski definition) is 4. The van der Waals surface area contributed by atoms with Gasteiger partial charge in [0.1, 0.15) is 18.0 Å². The highest BCUT2D eigenvalue weighted by molar-refractivity contribution is 5.90. The van der Waals surface area contributed by atoms with Crippen molar-refractivity contribution in [3.8, 4) is 5.75 Å². The average molecular weight is 365 g/mol. The maximum Gasteiger partial charge on any atom is 0.258 e. The Bertz CT molecular complexity index is 1010. The zero-order valence-corrected chi connectivity index (χ0v) is 15.6. The number of nitrogens with one attached hydrogen (secondary N) is 1. The molecule has 0 unspecified atom stereocenters. The number of aryl methyl sites for hydroxylation is 1. The summed E-state index contributed by atoms with van der Waals surface area (Å²) in [5.41, 5.74) is 2.66. The minimum Gasteiger partial charge on any atom is -0.487 e. The number of pyridine rings is 1. The number of nitrogens with zero attached hydrogens (tertiary/aromatic N) is 2. The summed E-state index contributed by atoms with van der Waals surface area (Å²) in [5, 5.41) is 2.87. The predicted octanol–water partition coefficient (Wildman–Crippen LogP) is 3.71. The Labute approximate surface area is 157 Å². The number of rotatable bonds is 7. The second kappa shape index (κ2) is 8.49. The maximum atomic E-state index is 12.2. The van der Waals surface area contributed by atoms with Crippen LogP contribution in [0.1, 0.15) is 37.4 Å². The van der Waals surface area contributed by atoms with E-state index in [1.807, 2.05) is 31.2 Å². The van der Waals surface area contributed by atoms with E-state index >= 15 is 0 Å². The first-order chi connectivity index (χ1) is 13.1. The molecule has 1 aromatic carbocycles. The van der Waals surface area contributed by atoms with Crippen LogP contribution in [-0.4, -0.2) is 15.3 Å². The molecule has 0 fully saturated rings. The third-order valence-electron chi connectivity index (χ3n) is 4.20. The summed E-state index contributed by atoms with van der Waals surface area (Å²) in [5.74, 6) is 0.601. The second-order valence-corrected chi connectivity index (χ2v) is 6.44. The maximum absolute atomic E-state index is 12.2. The van der Waals surface area contributed by atoms with Crippen molar-refractivity contribution >= 4 is 17.2 Å². The Morgan fingerprint density at radius 1 is 1.22 bits per heavy atom. The van der Waals surface area contributed by atoms with E-state index in [0.717, 1.165) is 18.4 Å². The van der Waals surface area contributed by atoms with Crippen LogP contribution >= 0.6 is 0 Å². The van der Waals surface area contributed by atoms with Crippen LogP contribution in [0.5, 0.6) is 5.75 Å². The number of fused-ring (bicyclic) bond motifs is 1. The lowest BCUT2D eigenvalue weighted by atomic mass is 10.2. The Morgan fingerprint density at radius 2 is 2.07 bits per heavy atom. The van der Waals surface area contributed by atoms with E-state index in [-0.39, 0.29) is 18.1 Å². The summed E-state index contributed by atoms with van der Waals surface area (Å²) in [6.07, 6.45) is 4.05. The van der Waals surface area contributed by atoms with Gasteiger partial charge >= 0.3 is 0 Å². The van der Waals surface area contributed by atoms with E-state index in [2.05, 4.69) is 17.2 Å².